The van der Waals surface area contributed by atoms with Gasteiger partial charge in [-0.2, -0.15) is 0 Å². The Kier molecular flexibility index (Phi) is 3.92. The highest BCUT2D eigenvalue weighted by Gasteiger charge is 2.21. The van der Waals surface area contributed by atoms with E-state index in [0.29, 0.717) is 5.02 Å². The van der Waals surface area contributed by atoms with Crippen LogP contribution in [0, 0.1) is 0 Å². The zero-order valence-electron chi connectivity index (χ0n) is 11.9. The molecule has 1 heterocycles. The SMILES string of the molecule is CC(C)n1c(C(Cl)c2ccccc2)nc2cc(Cl)ccc21. The van der Waals surface area contributed by atoms with E-state index in [0.717, 1.165) is 22.4 Å². The smallest absolute Gasteiger partial charge is 0.132 e. The first kappa shape index (κ1) is 14.4. The van der Waals surface area contributed by atoms with Crippen molar-refractivity contribution in [3.8, 4) is 0 Å². The summed E-state index contributed by atoms with van der Waals surface area (Å²) in [5.41, 5.74) is 2.99. The van der Waals surface area contributed by atoms with Crippen molar-refractivity contribution in [3.63, 3.8) is 0 Å². The van der Waals surface area contributed by atoms with Gasteiger partial charge in [0.1, 0.15) is 11.2 Å². The molecule has 0 radical (unpaired) electrons. The molecule has 3 rings (SSSR count). The first-order valence-corrected chi connectivity index (χ1v) is 7.75. The standard InChI is InChI=1S/C17H16Cl2N2/c1-11(2)21-15-9-8-13(18)10-14(15)20-17(21)16(19)12-6-4-3-5-7-12/h3-11,16H,1-2H3. The fourth-order valence-electron chi connectivity index (χ4n) is 2.58. The van der Waals surface area contributed by atoms with Crippen LogP contribution in [0.15, 0.2) is 48.5 Å². The summed E-state index contributed by atoms with van der Waals surface area (Å²) in [6.07, 6.45) is 0. The second-order valence-electron chi connectivity index (χ2n) is 5.34. The third kappa shape index (κ3) is 2.66. The first-order valence-electron chi connectivity index (χ1n) is 6.94. The van der Waals surface area contributed by atoms with E-state index in [1.165, 1.54) is 0 Å². The fourth-order valence-corrected chi connectivity index (χ4v) is 3.05. The molecule has 21 heavy (non-hydrogen) atoms. The van der Waals surface area contributed by atoms with Crippen LogP contribution in [0.5, 0.6) is 0 Å². The van der Waals surface area contributed by atoms with Gasteiger partial charge in [0.05, 0.1) is 11.0 Å². The lowest BCUT2D eigenvalue weighted by Crippen LogP contribution is -2.09. The van der Waals surface area contributed by atoms with Crippen molar-refractivity contribution in [2.24, 2.45) is 0 Å². The van der Waals surface area contributed by atoms with Gasteiger partial charge in [-0.3, -0.25) is 0 Å². The lowest BCUT2D eigenvalue weighted by Gasteiger charge is -2.16. The van der Waals surface area contributed by atoms with Gasteiger partial charge in [-0.15, -0.1) is 11.6 Å². The van der Waals surface area contributed by atoms with E-state index in [2.05, 4.69) is 18.4 Å². The number of hydrogen-bond acceptors (Lipinski definition) is 1. The number of benzene rings is 2. The zero-order valence-corrected chi connectivity index (χ0v) is 13.4. The number of halogens is 2. The number of imidazole rings is 1. The molecule has 0 aliphatic carbocycles. The summed E-state index contributed by atoms with van der Waals surface area (Å²) >= 11 is 12.7. The van der Waals surface area contributed by atoms with E-state index < -0.39 is 0 Å². The molecule has 4 heteroatoms. The van der Waals surface area contributed by atoms with Gasteiger partial charge >= 0.3 is 0 Å². The molecule has 1 aromatic heterocycles. The van der Waals surface area contributed by atoms with Crippen molar-refractivity contribution in [3.05, 3.63) is 64.9 Å². The molecule has 3 aromatic rings. The van der Waals surface area contributed by atoms with Crippen LogP contribution in [0.1, 0.15) is 36.7 Å². The van der Waals surface area contributed by atoms with Gasteiger partial charge in [0.2, 0.25) is 0 Å². The minimum Gasteiger partial charge on any atom is -0.324 e. The Morgan fingerprint density at radius 3 is 2.43 bits per heavy atom. The van der Waals surface area contributed by atoms with E-state index in [9.17, 15) is 0 Å². The van der Waals surface area contributed by atoms with Gasteiger partial charge in [0.15, 0.2) is 0 Å². The summed E-state index contributed by atoms with van der Waals surface area (Å²) in [7, 11) is 0. The number of alkyl halides is 1. The molecule has 0 amide bonds. The lowest BCUT2D eigenvalue weighted by molar-refractivity contribution is 0.588. The summed E-state index contributed by atoms with van der Waals surface area (Å²) < 4.78 is 2.18. The largest absolute Gasteiger partial charge is 0.324 e. The highest BCUT2D eigenvalue weighted by atomic mass is 35.5. The topological polar surface area (TPSA) is 17.8 Å². The summed E-state index contributed by atoms with van der Waals surface area (Å²) in [4.78, 5) is 4.72. The minimum atomic E-state index is -0.278. The van der Waals surface area contributed by atoms with Gasteiger partial charge in [-0.1, -0.05) is 41.9 Å². The number of rotatable bonds is 3. The highest BCUT2D eigenvalue weighted by Crippen LogP contribution is 2.33. The Bertz CT molecular complexity index is 763. The van der Waals surface area contributed by atoms with Crippen LogP contribution in [-0.2, 0) is 0 Å². The summed E-state index contributed by atoms with van der Waals surface area (Å²) in [5.74, 6) is 0.857. The van der Waals surface area contributed by atoms with Crippen molar-refractivity contribution < 1.29 is 0 Å². The van der Waals surface area contributed by atoms with E-state index in [1.807, 2.05) is 48.5 Å². The van der Waals surface area contributed by atoms with Gasteiger partial charge in [0.25, 0.3) is 0 Å². The van der Waals surface area contributed by atoms with E-state index in [4.69, 9.17) is 28.2 Å². The Hall–Kier alpha value is -1.51. The molecule has 0 spiro atoms. The molecule has 2 aromatic carbocycles. The minimum absolute atomic E-state index is 0.274. The maximum atomic E-state index is 6.68. The molecule has 0 fully saturated rings. The highest BCUT2D eigenvalue weighted by molar-refractivity contribution is 6.31. The van der Waals surface area contributed by atoms with Crippen LogP contribution in [0.2, 0.25) is 5.02 Å². The Morgan fingerprint density at radius 1 is 1.05 bits per heavy atom. The Labute approximate surface area is 134 Å². The molecule has 2 nitrogen and oxygen atoms in total. The van der Waals surface area contributed by atoms with E-state index in [1.54, 1.807) is 0 Å². The van der Waals surface area contributed by atoms with Gasteiger partial charge < -0.3 is 4.57 Å². The summed E-state index contributed by atoms with van der Waals surface area (Å²) in [6, 6.07) is 16.1. The summed E-state index contributed by atoms with van der Waals surface area (Å²) in [6.45, 7) is 4.27. The van der Waals surface area contributed by atoms with Crippen LogP contribution in [-0.4, -0.2) is 9.55 Å². The molecule has 1 atom stereocenters. The molecule has 1 unspecified atom stereocenters. The van der Waals surface area contributed by atoms with E-state index >= 15 is 0 Å². The van der Waals surface area contributed by atoms with Crippen molar-refractivity contribution >= 4 is 34.2 Å². The molecule has 108 valence electrons. The van der Waals surface area contributed by atoms with Crippen LogP contribution in [0.3, 0.4) is 0 Å². The molecule has 0 saturated carbocycles. The molecular formula is C17H16Cl2N2. The average molecular weight is 319 g/mol. The second kappa shape index (κ2) is 5.70. The van der Waals surface area contributed by atoms with Gasteiger partial charge in [-0.25, -0.2) is 4.98 Å². The van der Waals surface area contributed by atoms with Crippen molar-refractivity contribution in [2.45, 2.75) is 25.3 Å². The maximum absolute atomic E-state index is 6.68. The first-order chi connectivity index (χ1) is 10.1. The third-order valence-corrected chi connectivity index (χ3v) is 4.20. The van der Waals surface area contributed by atoms with Gasteiger partial charge in [0, 0.05) is 11.1 Å². The van der Waals surface area contributed by atoms with E-state index in [-0.39, 0.29) is 11.4 Å². The number of fused-ring (bicyclic) bond motifs is 1. The van der Waals surface area contributed by atoms with Crippen molar-refractivity contribution in [1.29, 1.82) is 0 Å². The van der Waals surface area contributed by atoms with Crippen molar-refractivity contribution in [1.82, 2.24) is 9.55 Å². The Balaban J connectivity index is 2.19. The molecule has 0 aliphatic heterocycles. The predicted molar refractivity (Wildman–Crippen MR) is 89.3 cm³/mol. The number of hydrogen-bond donors (Lipinski definition) is 0. The average Bonchev–Trinajstić information content (AvgIpc) is 2.85. The third-order valence-electron chi connectivity index (χ3n) is 3.51. The quantitative estimate of drug-likeness (QED) is 0.575. The lowest BCUT2D eigenvalue weighted by atomic mass is 10.1. The molecular weight excluding hydrogens is 303 g/mol. The zero-order chi connectivity index (χ0) is 15.0. The monoisotopic (exact) mass is 318 g/mol. The number of aromatic nitrogens is 2. The van der Waals surface area contributed by atoms with Crippen LogP contribution in [0.25, 0.3) is 11.0 Å². The Morgan fingerprint density at radius 2 is 1.76 bits per heavy atom. The normalized spacial score (nSPS) is 13.0. The van der Waals surface area contributed by atoms with Gasteiger partial charge in [-0.05, 0) is 37.6 Å². The number of nitrogens with zero attached hydrogens (tertiary/aromatic N) is 2. The molecule has 0 saturated heterocycles. The second-order valence-corrected chi connectivity index (χ2v) is 6.21. The summed E-state index contributed by atoms with van der Waals surface area (Å²) in [5, 5.41) is 0.410. The van der Waals surface area contributed by atoms with Crippen LogP contribution >= 0.6 is 23.2 Å². The maximum Gasteiger partial charge on any atom is 0.132 e. The molecule has 0 aliphatic rings. The molecule has 0 bridgehead atoms. The van der Waals surface area contributed by atoms with Crippen LogP contribution < -0.4 is 0 Å². The molecule has 0 N–H and O–H groups in total. The fraction of sp³-hybridized carbons (Fsp3) is 0.235. The predicted octanol–water partition coefficient (Wildman–Crippen LogP) is 5.60. The van der Waals surface area contributed by atoms with Crippen LogP contribution in [0.4, 0.5) is 0 Å². The van der Waals surface area contributed by atoms with Crippen molar-refractivity contribution in [2.75, 3.05) is 0 Å².